The first-order chi connectivity index (χ1) is 11.2. The van der Waals surface area contributed by atoms with E-state index in [0.29, 0.717) is 23.8 Å². The molecule has 0 N–H and O–H groups in total. The Balaban J connectivity index is 1.64. The van der Waals surface area contributed by atoms with E-state index in [9.17, 15) is 4.79 Å². The molecule has 0 bridgehead atoms. The molecule has 7 heteroatoms. The second kappa shape index (κ2) is 6.95. The molecular formula is C16H19N5OS. The second-order valence-electron chi connectivity index (χ2n) is 5.38. The molecule has 3 heterocycles. The average molecular weight is 329 g/mol. The maximum atomic E-state index is 12.5. The molecule has 6 nitrogen and oxygen atoms in total. The second-order valence-corrected chi connectivity index (χ2v) is 6.15. The highest BCUT2D eigenvalue weighted by molar-refractivity contribution is 7.98. The highest BCUT2D eigenvalue weighted by atomic mass is 32.2. The van der Waals surface area contributed by atoms with Gasteiger partial charge in [0.2, 0.25) is 0 Å². The zero-order valence-electron chi connectivity index (χ0n) is 13.3. The van der Waals surface area contributed by atoms with Gasteiger partial charge in [-0.25, -0.2) is 15.0 Å². The number of carbonyl (C=O) groups is 1. The van der Waals surface area contributed by atoms with Crippen LogP contribution in [0.3, 0.4) is 0 Å². The van der Waals surface area contributed by atoms with Crippen LogP contribution in [0.4, 0.5) is 5.82 Å². The van der Waals surface area contributed by atoms with Gasteiger partial charge in [-0.1, -0.05) is 17.8 Å². The smallest absolute Gasteiger partial charge is 0.257 e. The fraction of sp³-hybridized carbons (Fsp3) is 0.375. The van der Waals surface area contributed by atoms with E-state index in [1.54, 1.807) is 12.4 Å². The van der Waals surface area contributed by atoms with E-state index in [1.165, 1.54) is 11.8 Å². The van der Waals surface area contributed by atoms with E-state index in [-0.39, 0.29) is 5.91 Å². The lowest BCUT2D eigenvalue weighted by Crippen LogP contribution is -2.49. The molecule has 23 heavy (non-hydrogen) atoms. The van der Waals surface area contributed by atoms with E-state index in [2.05, 4.69) is 32.8 Å². The number of aromatic nitrogens is 3. The topological polar surface area (TPSA) is 62.2 Å². The fourth-order valence-corrected chi connectivity index (χ4v) is 2.96. The van der Waals surface area contributed by atoms with Crippen molar-refractivity contribution in [3.8, 4) is 0 Å². The Morgan fingerprint density at radius 3 is 2.43 bits per heavy atom. The number of rotatable bonds is 3. The molecule has 0 aromatic carbocycles. The van der Waals surface area contributed by atoms with E-state index in [4.69, 9.17) is 0 Å². The Hall–Kier alpha value is -2.15. The van der Waals surface area contributed by atoms with Crippen LogP contribution in [-0.4, -0.2) is 58.2 Å². The van der Waals surface area contributed by atoms with Crippen molar-refractivity contribution in [1.29, 1.82) is 0 Å². The van der Waals surface area contributed by atoms with Crippen molar-refractivity contribution in [2.45, 2.75) is 12.1 Å². The van der Waals surface area contributed by atoms with Crippen molar-refractivity contribution in [3.63, 3.8) is 0 Å². The number of hydrogen-bond donors (Lipinski definition) is 0. The van der Waals surface area contributed by atoms with Crippen molar-refractivity contribution in [2.75, 3.05) is 37.3 Å². The van der Waals surface area contributed by atoms with Gasteiger partial charge in [0.1, 0.15) is 5.82 Å². The van der Waals surface area contributed by atoms with Crippen LogP contribution in [0.25, 0.3) is 0 Å². The zero-order chi connectivity index (χ0) is 16.2. The first kappa shape index (κ1) is 15.7. The normalized spacial score (nSPS) is 14.9. The van der Waals surface area contributed by atoms with Gasteiger partial charge in [0, 0.05) is 44.8 Å². The Kier molecular flexibility index (Phi) is 4.76. The standard InChI is InChI=1S/C16H19N5OS/c1-12-4-3-5-17-14(12)20-6-8-21(9-7-20)15(22)13-10-18-16(23-2)19-11-13/h3-5,10-11H,6-9H2,1-2H3. The monoisotopic (exact) mass is 329 g/mol. The molecule has 2 aromatic rings. The summed E-state index contributed by atoms with van der Waals surface area (Å²) in [6, 6.07) is 4.00. The Bertz CT molecular complexity index is 683. The van der Waals surface area contributed by atoms with Gasteiger partial charge in [-0.2, -0.15) is 0 Å². The molecule has 120 valence electrons. The Labute approximate surface area is 140 Å². The molecule has 0 saturated carbocycles. The third kappa shape index (κ3) is 3.44. The van der Waals surface area contributed by atoms with Gasteiger partial charge in [0.15, 0.2) is 5.16 Å². The van der Waals surface area contributed by atoms with Gasteiger partial charge in [-0.15, -0.1) is 0 Å². The number of aryl methyl sites for hydroxylation is 1. The van der Waals surface area contributed by atoms with Crippen LogP contribution in [0.15, 0.2) is 35.9 Å². The molecule has 0 unspecified atom stereocenters. The molecule has 0 radical (unpaired) electrons. The van der Waals surface area contributed by atoms with Crippen molar-refractivity contribution in [3.05, 3.63) is 41.9 Å². The van der Waals surface area contributed by atoms with Crippen LogP contribution in [0.1, 0.15) is 15.9 Å². The van der Waals surface area contributed by atoms with Crippen LogP contribution in [0.5, 0.6) is 0 Å². The van der Waals surface area contributed by atoms with Crippen LogP contribution in [0.2, 0.25) is 0 Å². The Morgan fingerprint density at radius 2 is 1.83 bits per heavy atom. The molecule has 0 atom stereocenters. The zero-order valence-corrected chi connectivity index (χ0v) is 14.1. The van der Waals surface area contributed by atoms with Gasteiger partial charge >= 0.3 is 0 Å². The number of thioether (sulfide) groups is 1. The van der Waals surface area contributed by atoms with Crippen molar-refractivity contribution in [2.24, 2.45) is 0 Å². The van der Waals surface area contributed by atoms with Crippen LogP contribution in [0, 0.1) is 6.92 Å². The summed E-state index contributed by atoms with van der Waals surface area (Å²) in [6.07, 6.45) is 6.94. The highest BCUT2D eigenvalue weighted by Gasteiger charge is 2.23. The van der Waals surface area contributed by atoms with Crippen molar-refractivity contribution < 1.29 is 4.79 Å². The SMILES string of the molecule is CSc1ncc(C(=O)N2CCN(c3ncccc3C)CC2)cn1. The summed E-state index contributed by atoms with van der Waals surface area (Å²) < 4.78 is 0. The van der Waals surface area contributed by atoms with Crippen LogP contribution < -0.4 is 4.90 Å². The predicted molar refractivity (Wildman–Crippen MR) is 90.9 cm³/mol. The summed E-state index contributed by atoms with van der Waals surface area (Å²) >= 11 is 1.46. The molecule has 1 aliphatic heterocycles. The van der Waals surface area contributed by atoms with E-state index >= 15 is 0 Å². The first-order valence-corrected chi connectivity index (χ1v) is 8.73. The van der Waals surface area contributed by atoms with Crippen molar-refractivity contribution in [1.82, 2.24) is 19.9 Å². The fourth-order valence-electron chi connectivity index (χ4n) is 2.64. The number of pyridine rings is 1. The van der Waals surface area contributed by atoms with Crippen LogP contribution in [-0.2, 0) is 0 Å². The summed E-state index contributed by atoms with van der Waals surface area (Å²) in [5, 5.41) is 0.678. The maximum absolute atomic E-state index is 12.5. The molecular weight excluding hydrogens is 310 g/mol. The van der Waals surface area contributed by atoms with E-state index < -0.39 is 0 Å². The van der Waals surface area contributed by atoms with Gasteiger partial charge in [0.25, 0.3) is 5.91 Å². The first-order valence-electron chi connectivity index (χ1n) is 7.51. The minimum Gasteiger partial charge on any atom is -0.353 e. The molecule has 3 rings (SSSR count). The van der Waals surface area contributed by atoms with E-state index in [1.807, 2.05) is 23.4 Å². The predicted octanol–water partition coefficient (Wildman–Crippen LogP) is 1.86. The number of hydrogen-bond acceptors (Lipinski definition) is 6. The van der Waals surface area contributed by atoms with Crippen LogP contribution >= 0.6 is 11.8 Å². The summed E-state index contributed by atoms with van der Waals surface area (Å²) in [4.78, 5) is 29.4. The van der Waals surface area contributed by atoms with Gasteiger partial charge < -0.3 is 9.80 Å². The van der Waals surface area contributed by atoms with Gasteiger partial charge in [-0.05, 0) is 24.8 Å². The lowest BCUT2D eigenvalue weighted by molar-refractivity contribution is 0.0745. The van der Waals surface area contributed by atoms with Gasteiger partial charge in [0.05, 0.1) is 5.56 Å². The Morgan fingerprint density at radius 1 is 1.13 bits per heavy atom. The number of piperazine rings is 1. The summed E-state index contributed by atoms with van der Waals surface area (Å²) in [5.74, 6) is 1.00. The lowest BCUT2D eigenvalue weighted by Gasteiger charge is -2.36. The number of amides is 1. The minimum atomic E-state index is -0.00459. The molecule has 2 aromatic heterocycles. The molecule has 1 fully saturated rings. The minimum absolute atomic E-state index is 0.00459. The molecule has 0 spiro atoms. The van der Waals surface area contributed by atoms with Gasteiger partial charge in [-0.3, -0.25) is 4.79 Å². The quantitative estimate of drug-likeness (QED) is 0.633. The number of nitrogens with zero attached hydrogens (tertiary/aromatic N) is 5. The number of carbonyl (C=O) groups excluding carboxylic acids is 1. The summed E-state index contributed by atoms with van der Waals surface area (Å²) in [6.45, 7) is 4.99. The molecule has 1 saturated heterocycles. The lowest BCUT2D eigenvalue weighted by atomic mass is 10.2. The summed E-state index contributed by atoms with van der Waals surface area (Å²) in [5.41, 5.74) is 1.71. The summed E-state index contributed by atoms with van der Waals surface area (Å²) in [7, 11) is 0. The van der Waals surface area contributed by atoms with E-state index in [0.717, 1.165) is 24.5 Å². The molecule has 0 aliphatic carbocycles. The maximum Gasteiger partial charge on any atom is 0.257 e. The van der Waals surface area contributed by atoms with Crippen molar-refractivity contribution >= 4 is 23.5 Å². The highest BCUT2D eigenvalue weighted by Crippen LogP contribution is 2.18. The third-order valence-corrected chi connectivity index (χ3v) is 4.48. The average Bonchev–Trinajstić information content (AvgIpc) is 2.62. The molecule has 1 amide bonds. The third-order valence-electron chi connectivity index (χ3n) is 3.91. The molecule has 1 aliphatic rings. The largest absolute Gasteiger partial charge is 0.353 e. The number of anilines is 1.